The minimum absolute atomic E-state index is 0.0662. The molecular formula is C23H25F6N3O6. The first-order valence-electron chi connectivity index (χ1n) is 11.1. The summed E-state index contributed by atoms with van der Waals surface area (Å²) in [5.41, 5.74) is 2.14. The average Bonchev–Trinajstić information content (AvgIpc) is 3.39. The fourth-order valence-electron chi connectivity index (χ4n) is 3.73. The van der Waals surface area contributed by atoms with E-state index in [2.05, 4.69) is 27.0 Å². The van der Waals surface area contributed by atoms with Crippen molar-refractivity contribution in [3.8, 4) is 5.88 Å². The van der Waals surface area contributed by atoms with E-state index in [0.717, 1.165) is 43.9 Å². The quantitative estimate of drug-likeness (QED) is 0.544. The summed E-state index contributed by atoms with van der Waals surface area (Å²) < 4.78 is 75.6. The first-order chi connectivity index (χ1) is 17.6. The van der Waals surface area contributed by atoms with Crippen LogP contribution in [0.2, 0.25) is 0 Å². The highest BCUT2D eigenvalue weighted by atomic mass is 19.4. The van der Waals surface area contributed by atoms with E-state index in [1.165, 1.54) is 0 Å². The smallest absolute Gasteiger partial charge is 0.475 e. The molecule has 210 valence electrons. The van der Waals surface area contributed by atoms with Crippen LogP contribution in [0.3, 0.4) is 0 Å². The molecule has 0 bridgehead atoms. The molecule has 0 unspecified atom stereocenters. The van der Waals surface area contributed by atoms with Crippen molar-refractivity contribution < 1.29 is 55.6 Å². The number of aryl methyl sites for hydroxylation is 1. The molecule has 0 aliphatic carbocycles. The van der Waals surface area contributed by atoms with E-state index >= 15 is 0 Å². The van der Waals surface area contributed by atoms with Crippen molar-refractivity contribution in [2.24, 2.45) is 0 Å². The van der Waals surface area contributed by atoms with E-state index in [-0.39, 0.29) is 11.7 Å². The number of ether oxygens (including phenoxy) is 2. The van der Waals surface area contributed by atoms with E-state index < -0.39 is 24.3 Å². The summed E-state index contributed by atoms with van der Waals surface area (Å²) in [5, 5.41) is 14.2. The molecule has 38 heavy (non-hydrogen) atoms. The predicted molar refractivity (Wildman–Crippen MR) is 118 cm³/mol. The molecule has 0 saturated carbocycles. The number of alkyl halides is 6. The third-order valence-corrected chi connectivity index (χ3v) is 5.31. The molecule has 0 radical (unpaired) electrons. The van der Waals surface area contributed by atoms with Crippen LogP contribution in [-0.2, 0) is 20.9 Å². The van der Waals surface area contributed by atoms with Crippen LogP contribution in [0.15, 0.2) is 42.6 Å². The van der Waals surface area contributed by atoms with Gasteiger partial charge in [-0.05, 0) is 31.5 Å². The molecule has 2 aliphatic heterocycles. The Morgan fingerprint density at radius 3 is 2.24 bits per heavy atom. The van der Waals surface area contributed by atoms with Gasteiger partial charge in [0.2, 0.25) is 5.88 Å². The van der Waals surface area contributed by atoms with Gasteiger partial charge in [-0.25, -0.2) is 14.6 Å². The summed E-state index contributed by atoms with van der Waals surface area (Å²) in [6.45, 7) is 5.57. The van der Waals surface area contributed by atoms with Gasteiger partial charge in [-0.15, -0.1) is 0 Å². The lowest BCUT2D eigenvalue weighted by Gasteiger charge is -2.23. The van der Waals surface area contributed by atoms with Gasteiger partial charge in [0.1, 0.15) is 6.10 Å². The second-order valence-corrected chi connectivity index (χ2v) is 8.44. The van der Waals surface area contributed by atoms with Crippen LogP contribution in [-0.4, -0.2) is 80.8 Å². The van der Waals surface area contributed by atoms with Gasteiger partial charge >= 0.3 is 24.3 Å². The number of halogens is 6. The molecule has 2 fully saturated rings. The third-order valence-electron chi connectivity index (χ3n) is 5.31. The Hall–Kier alpha value is -3.46. The first-order valence-corrected chi connectivity index (χ1v) is 11.1. The average molecular weight is 553 g/mol. The number of carbonyl (C=O) groups is 2. The van der Waals surface area contributed by atoms with Crippen LogP contribution in [0.1, 0.15) is 24.2 Å². The van der Waals surface area contributed by atoms with Crippen LogP contribution in [0.4, 0.5) is 26.3 Å². The van der Waals surface area contributed by atoms with Gasteiger partial charge in [0.15, 0.2) is 0 Å². The van der Waals surface area contributed by atoms with E-state index in [4.69, 9.17) is 29.3 Å². The zero-order valence-corrected chi connectivity index (χ0v) is 20.0. The van der Waals surface area contributed by atoms with Gasteiger partial charge in [0.05, 0.1) is 17.9 Å². The van der Waals surface area contributed by atoms with Gasteiger partial charge < -0.3 is 19.7 Å². The highest BCUT2D eigenvalue weighted by molar-refractivity contribution is 5.73. The highest BCUT2D eigenvalue weighted by Gasteiger charge is 2.46. The van der Waals surface area contributed by atoms with Crippen molar-refractivity contribution in [2.75, 3.05) is 19.7 Å². The van der Waals surface area contributed by atoms with E-state index in [1.54, 1.807) is 6.20 Å². The molecule has 2 atom stereocenters. The van der Waals surface area contributed by atoms with Crippen molar-refractivity contribution in [1.29, 1.82) is 0 Å². The number of pyridine rings is 2. The number of hydrogen-bond donors (Lipinski definition) is 2. The number of carboxylic acid groups (broad SMARTS) is 2. The number of aromatic nitrogens is 2. The largest absolute Gasteiger partial charge is 0.490 e. The monoisotopic (exact) mass is 553 g/mol. The summed E-state index contributed by atoms with van der Waals surface area (Å²) in [6, 6.07) is 11.9. The SMILES string of the molecule is Cc1cccc(CN2CC[C@]3(C[C@@H](Oc4ccccn4)CO3)C2)n1.O=C(O)C(F)(F)F.O=C(O)C(F)(F)F. The molecule has 2 saturated heterocycles. The molecule has 15 heteroatoms. The van der Waals surface area contributed by atoms with Gasteiger partial charge in [-0.3, -0.25) is 9.88 Å². The van der Waals surface area contributed by atoms with Gasteiger partial charge in [0, 0.05) is 44.0 Å². The normalized spacial score (nSPS) is 21.2. The van der Waals surface area contributed by atoms with Crippen molar-refractivity contribution >= 4 is 11.9 Å². The molecule has 2 N–H and O–H groups in total. The standard InChI is InChI=1S/C19H23N3O2.2C2HF3O2/c1-15-5-4-6-16(21-15)12-22-10-8-19(14-22)11-17(13-23-19)24-18-7-2-3-9-20-18;2*3-2(4,5)1(6)7/h2-7,9,17H,8,10-14H2,1H3;2*(H,6,7)/t17-,19+;;/m1../s1. The Kier molecular flexibility index (Phi) is 10.4. The van der Waals surface area contributed by atoms with Crippen molar-refractivity contribution in [3.05, 3.63) is 54.0 Å². The fourth-order valence-corrected chi connectivity index (χ4v) is 3.73. The van der Waals surface area contributed by atoms with Crippen molar-refractivity contribution in [3.63, 3.8) is 0 Å². The molecule has 2 aliphatic rings. The maximum atomic E-state index is 10.6. The third kappa shape index (κ3) is 10.1. The molecule has 0 amide bonds. The number of carboxylic acids is 2. The van der Waals surface area contributed by atoms with Gasteiger partial charge in [0.25, 0.3) is 0 Å². The van der Waals surface area contributed by atoms with E-state index in [1.807, 2.05) is 31.2 Å². The van der Waals surface area contributed by atoms with Crippen LogP contribution in [0.25, 0.3) is 0 Å². The summed E-state index contributed by atoms with van der Waals surface area (Å²) in [6.07, 6.45) is -6.33. The minimum Gasteiger partial charge on any atom is -0.475 e. The topological polar surface area (TPSA) is 122 Å². The van der Waals surface area contributed by atoms with Gasteiger partial charge in [-0.1, -0.05) is 12.1 Å². The Balaban J connectivity index is 0.000000301. The lowest BCUT2D eigenvalue weighted by molar-refractivity contribution is -0.193. The summed E-state index contributed by atoms with van der Waals surface area (Å²) >= 11 is 0. The summed E-state index contributed by atoms with van der Waals surface area (Å²) in [7, 11) is 0. The van der Waals surface area contributed by atoms with Crippen LogP contribution < -0.4 is 4.74 Å². The Morgan fingerprint density at radius 1 is 1.08 bits per heavy atom. The first kappa shape index (κ1) is 30.8. The second-order valence-electron chi connectivity index (χ2n) is 8.44. The molecule has 0 aromatic carbocycles. The Bertz CT molecular complexity index is 1050. The Morgan fingerprint density at radius 2 is 1.71 bits per heavy atom. The molecule has 2 aromatic rings. The molecule has 4 heterocycles. The molecule has 9 nitrogen and oxygen atoms in total. The molecular weight excluding hydrogens is 528 g/mol. The van der Waals surface area contributed by atoms with Crippen molar-refractivity contribution in [2.45, 2.75) is 50.4 Å². The van der Waals surface area contributed by atoms with E-state index in [0.29, 0.717) is 12.5 Å². The molecule has 4 rings (SSSR count). The number of aliphatic carboxylic acids is 2. The number of likely N-dealkylation sites (tertiary alicyclic amines) is 1. The number of rotatable bonds is 4. The lowest BCUT2D eigenvalue weighted by Crippen LogP contribution is -2.33. The molecule has 2 aromatic heterocycles. The second kappa shape index (κ2) is 12.9. The lowest BCUT2D eigenvalue weighted by atomic mass is 9.98. The fraction of sp³-hybridized carbons (Fsp3) is 0.478. The maximum absolute atomic E-state index is 10.6. The van der Waals surface area contributed by atoms with Gasteiger partial charge in [-0.2, -0.15) is 26.3 Å². The minimum atomic E-state index is -5.08. The predicted octanol–water partition coefficient (Wildman–Crippen LogP) is 3.86. The zero-order chi connectivity index (χ0) is 28.6. The maximum Gasteiger partial charge on any atom is 0.490 e. The van der Waals surface area contributed by atoms with Crippen LogP contribution >= 0.6 is 0 Å². The highest BCUT2D eigenvalue weighted by Crippen LogP contribution is 2.36. The Labute approximate surface area is 213 Å². The number of nitrogens with zero attached hydrogens (tertiary/aromatic N) is 3. The van der Waals surface area contributed by atoms with Crippen molar-refractivity contribution in [1.82, 2.24) is 14.9 Å². The van der Waals surface area contributed by atoms with Crippen LogP contribution in [0, 0.1) is 6.92 Å². The summed E-state index contributed by atoms with van der Waals surface area (Å²) in [4.78, 5) is 29.1. The summed E-state index contributed by atoms with van der Waals surface area (Å²) in [5.74, 6) is -4.83. The number of hydrogen-bond acceptors (Lipinski definition) is 7. The molecule has 1 spiro atoms. The van der Waals surface area contributed by atoms with Crippen LogP contribution in [0.5, 0.6) is 5.88 Å². The zero-order valence-electron chi connectivity index (χ0n) is 20.0. The van der Waals surface area contributed by atoms with E-state index in [9.17, 15) is 26.3 Å².